The molecule has 2 aliphatic heterocycles. The van der Waals surface area contributed by atoms with Gasteiger partial charge in [-0.1, -0.05) is 0 Å². The van der Waals surface area contributed by atoms with Crippen molar-refractivity contribution in [2.45, 2.75) is 78.4 Å². The molecule has 0 unspecified atom stereocenters. The minimum absolute atomic E-state index is 0.0444. The fourth-order valence-electron chi connectivity index (χ4n) is 3.71. The van der Waals surface area contributed by atoms with E-state index in [1.807, 2.05) is 4.90 Å². The van der Waals surface area contributed by atoms with Gasteiger partial charge in [0.15, 0.2) is 0 Å². The summed E-state index contributed by atoms with van der Waals surface area (Å²) in [6.45, 7) is 17.1. The van der Waals surface area contributed by atoms with Crippen LogP contribution in [0, 0.1) is 0 Å². The Morgan fingerprint density at radius 2 is 1.68 bits per heavy atom. The Bertz CT molecular complexity index is 645. The maximum atomic E-state index is 13.2. The first-order valence-corrected chi connectivity index (χ1v) is 10.3. The van der Waals surface area contributed by atoms with Crippen LogP contribution in [-0.2, 0) is 13.0 Å². The van der Waals surface area contributed by atoms with E-state index >= 15 is 0 Å². The molecule has 1 saturated heterocycles. The molecule has 0 aromatic carbocycles. The number of thiophene rings is 1. The number of nitrogens with zero attached hydrogens (tertiary/aromatic N) is 2. The van der Waals surface area contributed by atoms with E-state index < -0.39 is 0 Å². The summed E-state index contributed by atoms with van der Waals surface area (Å²) >= 11 is 1.80. The number of hydrogen-bond donors (Lipinski definition) is 1. The number of likely N-dealkylation sites (tertiary alicyclic amines) is 1. The molecule has 140 valence electrons. The van der Waals surface area contributed by atoms with Gasteiger partial charge in [0.1, 0.15) is 5.00 Å². The molecule has 0 spiro atoms. The van der Waals surface area contributed by atoms with Crippen LogP contribution in [0.4, 0.5) is 5.00 Å². The zero-order valence-electron chi connectivity index (χ0n) is 16.7. The van der Waals surface area contributed by atoms with Crippen LogP contribution >= 0.6 is 11.3 Å². The summed E-state index contributed by atoms with van der Waals surface area (Å²) in [7, 11) is 0. The van der Waals surface area contributed by atoms with Crippen LogP contribution in [0.1, 0.15) is 75.2 Å². The zero-order chi connectivity index (χ0) is 18.4. The molecule has 25 heavy (non-hydrogen) atoms. The van der Waals surface area contributed by atoms with Crippen molar-refractivity contribution in [3.63, 3.8) is 0 Å². The van der Waals surface area contributed by atoms with Gasteiger partial charge in [-0.2, -0.15) is 0 Å². The van der Waals surface area contributed by atoms with Gasteiger partial charge in [0.05, 0.1) is 5.56 Å². The lowest BCUT2D eigenvalue weighted by Gasteiger charge is -2.38. The lowest BCUT2D eigenvalue weighted by molar-refractivity contribution is 0.0790. The molecule has 0 radical (unpaired) electrons. The van der Waals surface area contributed by atoms with Crippen molar-refractivity contribution in [2.24, 2.45) is 0 Å². The van der Waals surface area contributed by atoms with E-state index in [1.165, 1.54) is 10.4 Å². The van der Waals surface area contributed by atoms with Crippen LogP contribution in [0.15, 0.2) is 0 Å². The fraction of sp³-hybridized carbons (Fsp3) is 0.750. The van der Waals surface area contributed by atoms with Crippen molar-refractivity contribution in [2.75, 3.05) is 25.0 Å². The first-order valence-electron chi connectivity index (χ1n) is 9.53. The van der Waals surface area contributed by atoms with Gasteiger partial charge in [-0.25, -0.2) is 0 Å². The molecule has 1 aromatic rings. The van der Waals surface area contributed by atoms with Gasteiger partial charge in [-0.3, -0.25) is 9.69 Å². The predicted molar refractivity (Wildman–Crippen MR) is 107 cm³/mol. The van der Waals surface area contributed by atoms with Gasteiger partial charge >= 0.3 is 0 Å². The number of nitrogens with one attached hydrogen (secondary N) is 1. The largest absolute Gasteiger partial charge is 0.372 e. The molecule has 4 nitrogen and oxygen atoms in total. The highest BCUT2D eigenvalue weighted by Gasteiger charge is 2.34. The number of rotatable bonds is 2. The van der Waals surface area contributed by atoms with Crippen LogP contribution in [-0.4, -0.2) is 46.4 Å². The normalized spacial score (nSPS) is 19.2. The smallest absolute Gasteiger partial charge is 0.257 e. The van der Waals surface area contributed by atoms with E-state index in [-0.39, 0.29) is 17.0 Å². The molecular weight excluding hydrogens is 330 g/mol. The molecule has 1 fully saturated rings. The van der Waals surface area contributed by atoms with Crippen molar-refractivity contribution >= 4 is 22.2 Å². The molecule has 1 N–H and O–H groups in total. The lowest BCUT2D eigenvalue weighted by atomic mass is 9.97. The predicted octanol–water partition coefficient (Wildman–Crippen LogP) is 4.35. The van der Waals surface area contributed by atoms with E-state index in [9.17, 15) is 4.79 Å². The molecule has 1 aromatic heterocycles. The summed E-state index contributed by atoms with van der Waals surface area (Å²) in [6.07, 6.45) is 3.25. The van der Waals surface area contributed by atoms with Crippen LogP contribution in [0.2, 0.25) is 0 Å². The Morgan fingerprint density at radius 3 is 2.24 bits per heavy atom. The second kappa shape index (κ2) is 6.58. The van der Waals surface area contributed by atoms with Crippen molar-refractivity contribution in [1.82, 2.24) is 9.80 Å². The van der Waals surface area contributed by atoms with Gasteiger partial charge in [0.25, 0.3) is 5.91 Å². The maximum absolute atomic E-state index is 13.2. The van der Waals surface area contributed by atoms with Gasteiger partial charge in [0, 0.05) is 42.1 Å². The molecular formula is C20H33N3OS. The summed E-state index contributed by atoms with van der Waals surface area (Å²) in [5.74, 6) is 0.242. The van der Waals surface area contributed by atoms with E-state index in [0.717, 1.165) is 56.0 Å². The number of carbonyl (C=O) groups is 1. The highest BCUT2D eigenvalue weighted by atomic mass is 32.1. The molecule has 0 bridgehead atoms. The number of amides is 1. The van der Waals surface area contributed by atoms with Crippen molar-refractivity contribution < 1.29 is 4.79 Å². The van der Waals surface area contributed by atoms with Gasteiger partial charge < -0.3 is 10.2 Å². The first kappa shape index (κ1) is 18.7. The standard InChI is InChI=1S/C20H33N3OS/c1-19(2,3)21-17-16(18(24)22-10-7-8-11-22)14-9-12-23(20(4,5)6)13-15(14)25-17/h21H,7-13H2,1-6H3. The van der Waals surface area contributed by atoms with Crippen LogP contribution in [0.25, 0.3) is 0 Å². The summed E-state index contributed by atoms with van der Waals surface area (Å²) in [5, 5.41) is 4.69. The van der Waals surface area contributed by atoms with Crippen molar-refractivity contribution in [3.05, 3.63) is 16.0 Å². The second-order valence-electron chi connectivity index (χ2n) is 9.42. The highest BCUT2D eigenvalue weighted by Crippen LogP contribution is 2.40. The Balaban J connectivity index is 1.97. The molecule has 0 aliphatic carbocycles. The molecule has 2 aliphatic rings. The van der Waals surface area contributed by atoms with Crippen LogP contribution in [0.5, 0.6) is 0 Å². The van der Waals surface area contributed by atoms with Gasteiger partial charge in [-0.15, -0.1) is 11.3 Å². The molecule has 3 rings (SSSR count). The summed E-state index contributed by atoms with van der Waals surface area (Å²) in [6, 6.07) is 0. The number of fused-ring (bicyclic) bond motifs is 1. The van der Waals surface area contributed by atoms with Crippen LogP contribution in [0.3, 0.4) is 0 Å². The van der Waals surface area contributed by atoms with E-state index in [0.29, 0.717) is 0 Å². The van der Waals surface area contributed by atoms with E-state index in [2.05, 4.69) is 51.8 Å². The van der Waals surface area contributed by atoms with E-state index in [4.69, 9.17) is 0 Å². The molecule has 5 heteroatoms. The van der Waals surface area contributed by atoms with Crippen molar-refractivity contribution in [1.29, 1.82) is 0 Å². The minimum Gasteiger partial charge on any atom is -0.372 e. The van der Waals surface area contributed by atoms with Gasteiger partial charge in [-0.05, 0) is 66.4 Å². The zero-order valence-corrected chi connectivity index (χ0v) is 17.5. The Morgan fingerprint density at radius 1 is 1.04 bits per heavy atom. The molecule has 0 saturated carbocycles. The fourth-order valence-corrected chi connectivity index (χ4v) is 5.17. The third kappa shape index (κ3) is 4.03. The number of hydrogen-bond acceptors (Lipinski definition) is 4. The molecule has 0 atom stereocenters. The van der Waals surface area contributed by atoms with Crippen molar-refractivity contribution in [3.8, 4) is 0 Å². The van der Waals surface area contributed by atoms with Crippen LogP contribution < -0.4 is 5.32 Å². The third-order valence-electron chi connectivity index (χ3n) is 5.10. The average molecular weight is 364 g/mol. The second-order valence-corrected chi connectivity index (χ2v) is 10.5. The highest BCUT2D eigenvalue weighted by molar-refractivity contribution is 7.16. The average Bonchev–Trinajstić information content (AvgIpc) is 3.10. The number of carbonyl (C=O) groups excluding carboxylic acids is 1. The summed E-state index contributed by atoms with van der Waals surface area (Å²) in [5.41, 5.74) is 2.38. The number of anilines is 1. The van der Waals surface area contributed by atoms with Gasteiger partial charge in [0.2, 0.25) is 0 Å². The monoisotopic (exact) mass is 363 g/mol. The minimum atomic E-state index is -0.0444. The third-order valence-corrected chi connectivity index (χ3v) is 6.23. The maximum Gasteiger partial charge on any atom is 0.257 e. The quantitative estimate of drug-likeness (QED) is 0.848. The topological polar surface area (TPSA) is 35.6 Å². The first-order chi connectivity index (χ1) is 11.6. The van der Waals surface area contributed by atoms with E-state index in [1.54, 1.807) is 11.3 Å². The molecule has 1 amide bonds. The summed E-state index contributed by atoms with van der Waals surface area (Å²) in [4.78, 5) is 19.2. The Kier molecular flexibility index (Phi) is 4.93. The SMILES string of the molecule is CC(C)(C)Nc1sc2c(c1C(=O)N1CCCC1)CCN(C(C)(C)C)C2. The lowest BCUT2D eigenvalue weighted by Crippen LogP contribution is -2.44. The Labute approximate surface area is 156 Å². The Hall–Kier alpha value is -1.07. The molecule has 3 heterocycles. The summed E-state index contributed by atoms with van der Waals surface area (Å²) < 4.78 is 0.